The Balaban J connectivity index is 1.66. The van der Waals surface area contributed by atoms with Gasteiger partial charge in [-0.05, 0) is 11.1 Å². The minimum Gasteiger partial charge on any atom is -0.348 e. The first-order valence-electron chi connectivity index (χ1n) is 9.97. The third-order valence-corrected chi connectivity index (χ3v) is 4.92. The van der Waals surface area contributed by atoms with Gasteiger partial charge in [0.05, 0.1) is 31.1 Å². The number of carbonyl (C=O) groups excluding carboxylic acids is 2. The summed E-state index contributed by atoms with van der Waals surface area (Å²) in [4.78, 5) is 37.5. The van der Waals surface area contributed by atoms with Gasteiger partial charge >= 0.3 is 0 Å². The van der Waals surface area contributed by atoms with Crippen LogP contribution < -0.4 is 5.32 Å². The second kappa shape index (κ2) is 10.6. The lowest BCUT2D eigenvalue weighted by Crippen LogP contribution is -2.50. The van der Waals surface area contributed by atoms with Crippen molar-refractivity contribution in [3.63, 3.8) is 0 Å². The Morgan fingerprint density at radius 3 is 2.35 bits per heavy atom. The fraction of sp³-hybridized carbons (Fsp3) is 0.364. The molecule has 1 N–H and O–H groups in total. The fourth-order valence-electron chi connectivity index (χ4n) is 3.31. The Hall–Kier alpha value is -3.30. The van der Waals surface area contributed by atoms with Crippen molar-refractivity contribution in [1.82, 2.24) is 10.2 Å². The summed E-state index contributed by atoms with van der Waals surface area (Å²) in [6.45, 7) is 1.25. The number of amides is 2. The zero-order valence-corrected chi connectivity index (χ0v) is 17.2. The number of non-ortho nitro benzene ring substituents is 1. The first-order chi connectivity index (χ1) is 14.9. The van der Waals surface area contributed by atoms with E-state index in [0.29, 0.717) is 25.2 Å². The van der Waals surface area contributed by atoms with Crippen molar-refractivity contribution in [3.05, 3.63) is 75.8 Å². The number of nitrogens with one attached hydrogen (secondary N) is 1. The van der Waals surface area contributed by atoms with E-state index in [9.17, 15) is 19.7 Å². The first-order valence-corrected chi connectivity index (χ1v) is 9.97. The van der Waals surface area contributed by atoms with Gasteiger partial charge in [-0.25, -0.2) is 0 Å². The molecule has 3 rings (SSSR count). The average molecular weight is 427 g/mol. The maximum Gasteiger partial charge on any atom is 0.269 e. The topological polar surface area (TPSA) is 111 Å². The van der Waals surface area contributed by atoms with Crippen LogP contribution in [-0.2, 0) is 31.9 Å². The fourth-order valence-corrected chi connectivity index (χ4v) is 3.31. The van der Waals surface area contributed by atoms with Gasteiger partial charge in [0.25, 0.3) is 5.69 Å². The Morgan fingerprint density at radius 1 is 1.10 bits per heavy atom. The van der Waals surface area contributed by atoms with Crippen molar-refractivity contribution in [2.75, 3.05) is 26.8 Å². The third-order valence-electron chi connectivity index (χ3n) is 4.92. The zero-order chi connectivity index (χ0) is 22.2. The highest BCUT2D eigenvalue weighted by atomic mass is 16.7. The number of likely N-dealkylation sites (N-methyl/N-ethyl adjacent to an activating group) is 1. The van der Waals surface area contributed by atoms with Crippen LogP contribution in [0.15, 0.2) is 54.6 Å². The van der Waals surface area contributed by atoms with E-state index in [2.05, 4.69) is 5.32 Å². The van der Waals surface area contributed by atoms with Crippen LogP contribution in [0.25, 0.3) is 0 Å². The number of ether oxygens (including phenoxy) is 2. The lowest BCUT2D eigenvalue weighted by molar-refractivity contribution is -0.384. The molecular formula is C22H25N3O6. The van der Waals surface area contributed by atoms with Gasteiger partial charge in [-0.15, -0.1) is 0 Å². The van der Waals surface area contributed by atoms with Crippen LogP contribution in [0.5, 0.6) is 0 Å². The molecule has 0 bridgehead atoms. The van der Waals surface area contributed by atoms with Gasteiger partial charge in [-0.2, -0.15) is 0 Å². The molecule has 31 heavy (non-hydrogen) atoms. The van der Waals surface area contributed by atoms with Crippen molar-refractivity contribution >= 4 is 17.5 Å². The molecule has 0 aromatic heterocycles. The van der Waals surface area contributed by atoms with E-state index in [-0.39, 0.29) is 30.5 Å². The molecule has 0 spiro atoms. The van der Waals surface area contributed by atoms with Gasteiger partial charge < -0.3 is 19.7 Å². The van der Waals surface area contributed by atoms with E-state index in [4.69, 9.17) is 9.47 Å². The van der Waals surface area contributed by atoms with E-state index >= 15 is 0 Å². The van der Waals surface area contributed by atoms with Gasteiger partial charge in [-0.3, -0.25) is 19.7 Å². The summed E-state index contributed by atoms with van der Waals surface area (Å²) >= 11 is 0. The van der Waals surface area contributed by atoms with E-state index in [0.717, 1.165) is 5.56 Å². The smallest absolute Gasteiger partial charge is 0.269 e. The molecule has 0 radical (unpaired) electrons. The van der Waals surface area contributed by atoms with E-state index < -0.39 is 17.3 Å². The molecule has 9 nitrogen and oxygen atoms in total. The number of hydrogen-bond donors (Lipinski definition) is 1. The molecule has 9 heteroatoms. The number of hydrogen-bond acceptors (Lipinski definition) is 6. The predicted octanol–water partition coefficient (Wildman–Crippen LogP) is 1.70. The zero-order valence-electron chi connectivity index (χ0n) is 17.2. The van der Waals surface area contributed by atoms with Crippen molar-refractivity contribution in [2.45, 2.75) is 25.2 Å². The molecule has 1 heterocycles. The maximum atomic E-state index is 13.1. The lowest BCUT2D eigenvalue weighted by atomic mass is 10.0. The largest absolute Gasteiger partial charge is 0.348 e. The quantitative estimate of drug-likeness (QED) is 0.482. The number of nitrogens with zero attached hydrogens (tertiary/aromatic N) is 2. The van der Waals surface area contributed by atoms with Gasteiger partial charge in [0.1, 0.15) is 6.04 Å². The standard InChI is InChI=1S/C22H25N3O6/c1-24(15-21-30-11-12-31-21)22(27)19(13-16-5-3-2-4-6-16)23-20(26)14-17-7-9-18(10-8-17)25(28)29/h2-10,19,21H,11-15H2,1H3,(H,23,26)/t19-/m0/s1. The Kier molecular flexibility index (Phi) is 7.69. The summed E-state index contributed by atoms with van der Waals surface area (Å²) in [7, 11) is 1.65. The highest BCUT2D eigenvalue weighted by Gasteiger charge is 2.27. The minimum atomic E-state index is -0.764. The summed E-state index contributed by atoms with van der Waals surface area (Å²) < 4.78 is 10.8. The molecule has 0 saturated carbocycles. The highest BCUT2D eigenvalue weighted by Crippen LogP contribution is 2.13. The third kappa shape index (κ3) is 6.59. The van der Waals surface area contributed by atoms with Crippen LogP contribution in [0, 0.1) is 10.1 Å². The van der Waals surface area contributed by atoms with Gasteiger partial charge in [0.2, 0.25) is 11.8 Å². The summed E-state index contributed by atoms with van der Waals surface area (Å²) in [5.41, 5.74) is 1.49. The van der Waals surface area contributed by atoms with Crippen LogP contribution in [0.1, 0.15) is 11.1 Å². The van der Waals surface area contributed by atoms with Gasteiger partial charge in [0, 0.05) is 25.6 Å². The maximum absolute atomic E-state index is 13.1. The molecule has 2 amide bonds. The molecule has 2 aromatic carbocycles. The van der Waals surface area contributed by atoms with Crippen molar-refractivity contribution in [2.24, 2.45) is 0 Å². The van der Waals surface area contributed by atoms with Crippen molar-refractivity contribution < 1.29 is 24.0 Å². The van der Waals surface area contributed by atoms with Gasteiger partial charge in [-0.1, -0.05) is 42.5 Å². The van der Waals surface area contributed by atoms with Crippen LogP contribution >= 0.6 is 0 Å². The summed E-state index contributed by atoms with van der Waals surface area (Å²) in [6.07, 6.45) is -0.125. The summed E-state index contributed by atoms with van der Waals surface area (Å²) in [5, 5.41) is 13.6. The Bertz CT molecular complexity index is 897. The molecule has 2 aromatic rings. The molecule has 1 aliphatic heterocycles. The molecule has 0 unspecified atom stereocenters. The molecular weight excluding hydrogens is 402 g/mol. The molecule has 1 atom stereocenters. The number of rotatable bonds is 9. The lowest BCUT2D eigenvalue weighted by Gasteiger charge is -2.26. The SMILES string of the molecule is CN(CC1OCCO1)C(=O)[C@H](Cc1ccccc1)NC(=O)Cc1ccc([N+](=O)[O-])cc1. The predicted molar refractivity (Wildman–Crippen MR) is 112 cm³/mol. The molecule has 0 aliphatic carbocycles. The van der Waals surface area contributed by atoms with Crippen LogP contribution in [-0.4, -0.2) is 60.8 Å². The minimum absolute atomic E-state index is 0.00905. The highest BCUT2D eigenvalue weighted by molar-refractivity contribution is 5.88. The first kappa shape index (κ1) is 22.4. The number of benzene rings is 2. The summed E-state index contributed by atoms with van der Waals surface area (Å²) in [5.74, 6) is -0.593. The van der Waals surface area contributed by atoms with Crippen LogP contribution in [0.4, 0.5) is 5.69 Å². The molecule has 1 aliphatic rings. The Labute approximate surface area is 180 Å². The number of carbonyl (C=O) groups is 2. The second-order valence-corrected chi connectivity index (χ2v) is 7.30. The monoisotopic (exact) mass is 427 g/mol. The Morgan fingerprint density at radius 2 is 1.74 bits per heavy atom. The van der Waals surface area contributed by atoms with Crippen molar-refractivity contribution in [3.8, 4) is 0 Å². The molecule has 1 fully saturated rings. The average Bonchev–Trinajstić information content (AvgIpc) is 3.27. The van der Waals surface area contributed by atoms with Crippen LogP contribution in [0.3, 0.4) is 0 Å². The van der Waals surface area contributed by atoms with Gasteiger partial charge in [0.15, 0.2) is 6.29 Å². The second-order valence-electron chi connectivity index (χ2n) is 7.30. The molecule has 164 valence electrons. The van der Waals surface area contributed by atoms with Crippen LogP contribution in [0.2, 0.25) is 0 Å². The molecule has 1 saturated heterocycles. The summed E-state index contributed by atoms with van der Waals surface area (Å²) in [6, 6.07) is 14.4. The van der Waals surface area contributed by atoms with E-state index in [1.165, 1.54) is 29.2 Å². The van der Waals surface area contributed by atoms with E-state index in [1.807, 2.05) is 30.3 Å². The number of nitro groups is 1. The number of nitro benzene ring substituents is 1. The van der Waals surface area contributed by atoms with E-state index in [1.54, 1.807) is 7.05 Å². The normalized spacial score (nSPS) is 14.7. The van der Waals surface area contributed by atoms with Crippen molar-refractivity contribution in [1.29, 1.82) is 0 Å².